The Morgan fingerprint density at radius 2 is 2.17 bits per heavy atom. The molecule has 2 aliphatic rings. The maximum absolute atomic E-state index is 14.3. The topological polar surface area (TPSA) is 198 Å². The Morgan fingerprint density at radius 1 is 1.40 bits per heavy atom. The van der Waals surface area contributed by atoms with Crippen LogP contribution in [0.4, 0.5) is 4.39 Å². The Kier molecular flexibility index (Phi) is 7.16. The number of H-pyrrole nitrogens is 1. The number of halogens is 2. The van der Waals surface area contributed by atoms with Crippen LogP contribution in [0.5, 0.6) is 0 Å². The third-order valence-corrected chi connectivity index (χ3v) is 7.17. The molecule has 188 valence electrons. The van der Waals surface area contributed by atoms with Crippen LogP contribution in [0, 0.1) is 5.82 Å². The first-order chi connectivity index (χ1) is 16.6. The molecule has 2 saturated heterocycles. The van der Waals surface area contributed by atoms with Gasteiger partial charge in [-0.3, -0.25) is 27.9 Å². The highest BCUT2D eigenvalue weighted by Crippen LogP contribution is 2.58. The number of phosphoric ester groups is 1. The zero-order valence-corrected chi connectivity index (χ0v) is 19.2. The summed E-state index contributed by atoms with van der Waals surface area (Å²) in [6.07, 6.45) is -5.46. The van der Waals surface area contributed by atoms with Crippen molar-refractivity contribution in [2.45, 2.75) is 36.7 Å². The number of aromatic nitrogens is 2. The minimum absolute atomic E-state index is 0.0286. The van der Waals surface area contributed by atoms with E-state index in [0.29, 0.717) is 0 Å². The second kappa shape index (κ2) is 9.82. The molecule has 0 bridgehead atoms. The number of azide groups is 1. The van der Waals surface area contributed by atoms with E-state index in [9.17, 15) is 28.8 Å². The molecule has 0 radical (unpaired) electrons. The summed E-state index contributed by atoms with van der Waals surface area (Å²) in [6.45, 7) is -1.14. The summed E-state index contributed by atoms with van der Waals surface area (Å²) in [5.41, 5.74) is 4.87. The molecule has 2 fully saturated rings. The first-order valence-corrected chi connectivity index (χ1v) is 11.9. The maximum Gasteiger partial charge on any atom is 0.475 e. The van der Waals surface area contributed by atoms with Crippen molar-refractivity contribution in [3.05, 3.63) is 78.1 Å². The standard InChI is InChI=1S/C18H18ClFN5O9P/c19-9-2-1-3-10(20)13(9)11-5-7-31-35(30,34-11)32-8-18(23-24-21)15(28)14(27)16(33-18)25-6-4-12(26)22-17(25)29/h1-4,6,11,14-16,27-28H,5,7-8H2,(H,22,26,29)/t11-,14+,15-,16+,18+,35?/m0/s1. The highest BCUT2D eigenvalue weighted by molar-refractivity contribution is 7.48. The Bertz CT molecular complexity index is 1310. The van der Waals surface area contributed by atoms with Crippen molar-refractivity contribution in [2.24, 2.45) is 5.11 Å². The van der Waals surface area contributed by atoms with Crippen LogP contribution in [-0.2, 0) is 22.9 Å². The number of aromatic amines is 1. The van der Waals surface area contributed by atoms with E-state index in [2.05, 4.69) is 10.0 Å². The normalized spacial score (nSPS) is 32.8. The quantitative estimate of drug-likeness (QED) is 0.215. The zero-order valence-electron chi connectivity index (χ0n) is 17.6. The molecule has 4 rings (SSSR count). The molecule has 0 aliphatic carbocycles. The van der Waals surface area contributed by atoms with Gasteiger partial charge < -0.3 is 14.9 Å². The lowest BCUT2D eigenvalue weighted by molar-refractivity contribution is -0.127. The maximum atomic E-state index is 14.3. The Morgan fingerprint density at radius 3 is 2.86 bits per heavy atom. The minimum atomic E-state index is -4.44. The van der Waals surface area contributed by atoms with Crippen molar-refractivity contribution in [1.82, 2.24) is 9.55 Å². The average Bonchev–Trinajstić information content (AvgIpc) is 3.04. The van der Waals surface area contributed by atoms with Gasteiger partial charge in [0.2, 0.25) is 5.72 Å². The Hall–Kier alpha value is -2.58. The van der Waals surface area contributed by atoms with Gasteiger partial charge in [0, 0.05) is 34.2 Å². The van der Waals surface area contributed by atoms with Crippen LogP contribution in [-0.4, -0.2) is 50.9 Å². The van der Waals surface area contributed by atoms with Crippen LogP contribution in [0.2, 0.25) is 5.02 Å². The average molecular weight is 534 g/mol. The van der Waals surface area contributed by atoms with Crippen LogP contribution < -0.4 is 11.2 Å². The molecule has 1 aromatic carbocycles. The van der Waals surface area contributed by atoms with Gasteiger partial charge in [-0.2, -0.15) is 0 Å². The van der Waals surface area contributed by atoms with Gasteiger partial charge >= 0.3 is 13.5 Å². The third-order valence-electron chi connectivity index (χ3n) is 5.38. The van der Waals surface area contributed by atoms with Crippen molar-refractivity contribution in [1.29, 1.82) is 0 Å². The number of benzene rings is 1. The number of hydrogen-bond donors (Lipinski definition) is 3. The first kappa shape index (κ1) is 25.5. The zero-order chi connectivity index (χ0) is 25.4. The lowest BCUT2D eigenvalue weighted by Gasteiger charge is -2.32. The van der Waals surface area contributed by atoms with Crippen molar-refractivity contribution in [3.63, 3.8) is 0 Å². The van der Waals surface area contributed by atoms with Crippen molar-refractivity contribution in [2.75, 3.05) is 13.2 Å². The highest BCUT2D eigenvalue weighted by atomic mass is 35.5. The van der Waals surface area contributed by atoms with Gasteiger partial charge in [-0.05, 0) is 17.7 Å². The summed E-state index contributed by atoms with van der Waals surface area (Å²) < 4.78 is 49.4. The molecule has 2 aromatic rings. The molecule has 0 amide bonds. The van der Waals surface area contributed by atoms with E-state index in [0.717, 1.165) is 22.9 Å². The van der Waals surface area contributed by atoms with Gasteiger partial charge in [-0.15, -0.1) is 0 Å². The van der Waals surface area contributed by atoms with Gasteiger partial charge in [0.1, 0.15) is 24.1 Å². The SMILES string of the molecule is [N-]=[N+]=N[C@]1(COP2(=O)OCC[C@@H](c3c(F)cccc3Cl)O2)O[C@@H](n2ccc(=O)[nH]c2=O)[C@H](O)[C@@H]1O. The third kappa shape index (κ3) is 4.91. The summed E-state index contributed by atoms with van der Waals surface area (Å²) >= 11 is 6.05. The molecule has 0 saturated carbocycles. The van der Waals surface area contributed by atoms with E-state index < -0.39 is 61.8 Å². The number of aliphatic hydroxyl groups excluding tert-OH is 2. The Labute approximate surface area is 200 Å². The number of hydrogen-bond acceptors (Lipinski definition) is 10. The molecule has 35 heavy (non-hydrogen) atoms. The largest absolute Gasteiger partial charge is 0.475 e. The lowest BCUT2D eigenvalue weighted by atomic mass is 10.1. The fourth-order valence-corrected chi connectivity index (χ4v) is 5.37. The van der Waals surface area contributed by atoms with Crippen LogP contribution >= 0.6 is 19.4 Å². The lowest BCUT2D eigenvalue weighted by Crippen LogP contribution is -2.45. The molecule has 2 aliphatic heterocycles. The molecule has 0 spiro atoms. The van der Waals surface area contributed by atoms with Crippen LogP contribution in [0.15, 0.2) is 45.2 Å². The van der Waals surface area contributed by atoms with Crippen LogP contribution in [0.1, 0.15) is 24.3 Å². The number of phosphoric acid groups is 1. The number of rotatable bonds is 6. The summed E-state index contributed by atoms with van der Waals surface area (Å²) in [4.78, 5) is 27.9. The summed E-state index contributed by atoms with van der Waals surface area (Å²) in [6, 6.07) is 4.91. The number of nitrogens with one attached hydrogen (secondary N) is 1. The fourth-order valence-electron chi connectivity index (χ4n) is 3.69. The number of ether oxygens (including phenoxy) is 1. The minimum Gasteiger partial charge on any atom is -0.387 e. The predicted molar refractivity (Wildman–Crippen MR) is 115 cm³/mol. The number of nitrogens with zero attached hydrogens (tertiary/aromatic N) is 4. The predicted octanol–water partition coefficient (Wildman–Crippen LogP) is 1.89. The molecular weight excluding hydrogens is 516 g/mol. The van der Waals surface area contributed by atoms with E-state index >= 15 is 0 Å². The molecular formula is C18H18ClFN5O9P. The highest BCUT2D eigenvalue weighted by Gasteiger charge is 2.56. The summed E-state index contributed by atoms with van der Waals surface area (Å²) in [5, 5.41) is 24.4. The van der Waals surface area contributed by atoms with E-state index in [1.165, 1.54) is 12.1 Å². The molecule has 3 N–H and O–H groups in total. The van der Waals surface area contributed by atoms with Crippen molar-refractivity contribution < 1.29 is 37.5 Å². The van der Waals surface area contributed by atoms with E-state index in [4.69, 9.17) is 35.4 Å². The molecule has 14 nitrogen and oxygen atoms in total. The van der Waals surface area contributed by atoms with Gasteiger partial charge in [-0.1, -0.05) is 22.8 Å². The summed E-state index contributed by atoms with van der Waals surface area (Å²) in [7, 11) is -4.44. The van der Waals surface area contributed by atoms with Crippen LogP contribution in [0.3, 0.4) is 0 Å². The molecule has 3 heterocycles. The summed E-state index contributed by atoms with van der Waals surface area (Å²) in [5.74, 6) is -0.701. The monoisotopic (exact) mass is 533 g/mol. The molecule has 1 aromatic heterocycles. The van der Waals surface area contributed by atoms with Crippen molar-refractivity contribution >= 4 is 19.4 Å². The molecule has 17 heteroatoms. The van der Waals surface area contributed by atoms with Crippen LogP contribution in [0.25, 0.3) is 10.4 Å². The van der Waals surface area contributed by atoms with Gasteiger partial charge in [-0.25, -0.2) is 13.8 Å². The van der Waals surface area contributed by atoms with E-state index in [1.807, 2.05) is 4.98 Å². The van der Waals surface area contributed by atoms with Gasteiger partial charge in [0.25, 0.3) is 5.56 Å². The molecule has 6 atom stereocenters. The van der Waals surface area contributed by atoms with Gasteiger partial charge in [0.15, 0.2) is 6.23 Å². The van der Waals surface area contributed by atoms with E-state index in [-0.39, 0.29) is 23.6 Å². The first-order valence-electron chi connectivity index (χ1n) is 10.0. The number of aliphatic hydroxyl groups is 2. The Balaban J connectivity index is 1.57. The van der Waals surface area contributed by atoms with Crippen molar-refractivity contribution in [3.8, 4) is 0 Å². The smallest absolute Gasteiger partial charge is 0.387 e. The fraction of sp³-hybridized carbons (Fsp3) is 0.444. The molecule has 1 unspecified atom stereocenters. The second-order valence-electron chi connectivity index (χ2n) is 7.57. The van der Waals surface area contributed by atoms with E-state index in [1.54, 1.807) is 0 Å². The second-order valence-corrected chi connectivity index (χ2v) is 9.60. The van der Waals surface area contributed by atoms with Gasteiger partial charge in [0.05, 0.1) is 13.2 Å².